The third kappa shape index (κ3) is 4.93. The van der Waals surface area contributed by atoms with Crippen molar-refractivity contribution in [2.24, 2.45) is 11.7 Å². The summed E-state index contributed by atoms with van der Waals surface area (Å²) in [7, 11) is 1.64. The molecular formula is C20H26F2N4O4. The molecule has 10 heteroatoms. The van der Waals surface area contributed by atoms with Crippen LogP contribution in [-0.2, 0) is 19.1 Å². The first-order valence-corrected chi connectivity index (χ1v) is 9.88. The fourth-order valence-electron chi connectivity index (χ4n) is 3.77. The van der Waals surface area contributed by atoms with Crippen LogP contribution >= 0.6 is 0 Å². The maximum atomic E-state index is 13.7. The van der Waals surface area contributed by atoms with Crippen LogP contribution in [0.2, 0.25) is 0 Å². The number of likely N-dealkylation sites (N-methyl/N-ethyl adjacent to an activating group) is 1. The van der Waals surface area contributed by atoms with Crippen LogP contribution in [0.1, 0.15) is 31.3 Å². The van der Waals surface area contributed by atoms with E-state index < -0.39 is 30.2 Å². The molecule has 1 atom stereocenters. The van der Waals surface area contributed by atoms with Gasteiger partial charge < -0.3 is 20.7 Å². The highest BCUT2D eigenvalue weighted by atomic mass is 19.3. The number of nitrogens with two attached hydrogens (primary N) is 1. The minimum absolute atomic E-state index is 0.0739. The minimum atomic E-state index is -2.86. The zero-order chi connectivity index (χ0) is 21.8. The van der Waals surface area contributed by atoms with E-state index in [0.29, 0.717) is 12.5 Å². The van der Waals surface area contributed by atoms with Crippen LogP contribution < -0.4 is 16.0 Å². The Labute approximate surface area is 173 Å². The molecule has 0 unspecified atom stereocenters. The molecule has 0 radical (unpaired) electrons. The van der Waals surface area contributed by atoms with E-state index in [9.17, 15) is 23.2 Å². The van der Waals surface area contributed by atoms with Gasteiger partial charge in [0.25, 0.3) is 18.2 Å². The van der Waals surface area contributed by atoms with E-state index in [1.54, 1.807) is 11.9 Å². The number of hydrogen-bond donors (Lipinski definition) is 2. The first-order valence-electron chi connectivity index (χ1n) is 9.88. The fraction of sp³-hybridized carbons (Fsp3) is 0.550. The predicted octanol–water partition coefficient (Wildman–Crippen LogP) is 1.51. The Kier molecular flexibility index (Phi) is 6.99. The number of carbonyl (C=O) groups excluding carboxylic acids is 3. The maximum absolute atomic E-state index is 13.7. The summed E-state index contributed by atoms with van der Waals surface area (Å²) in [6.07, 6.45) is 0.342. The summed E-state index contributed by atoms with van der Waals surface area (Å²) in [6.45, 7) is 0.802. The Bertz CT molecular complexity index is 816. The fourth-order valence-corrected chi connectivity index (χ4v) is 3.77. The van der Waals surface area contributed by atoms with Crippen molar-refractivity contribution in [3.63, 3.8) is 0 Å². The van der Waals surface area contributed by atoms with Crippen LogP contribution in [0.4, 0.5) is 20.2 Å². The monoisotopic (exact) mass is 424 g/mol. The Morgan fingerprint density at radius 3 is 2.67 bits per heavy atom. The summed E-state index contributed by atoms with van der Waals surface area (Å²) in [5, 5.41) is 2.51. The highest BCUT2D eigenvalue weighted by Crippen LogP contribution is 2.33. The number of benzene rings is 1. The molecule has 1 saturated heterocycles. The molecule has 0 aromatic heterocycles. The van der Waals surface area contributed by atoms with Gasteiger partial charge in [0.05, 0.1) is 12.3 Å². The van der Waals surface area contributed by atoms with Gasteiger partial charge in [-0.1, -0.05) is 6.42 Å². The van der Waals surface area contributed by atoms with Crippen LogP contribution in [0.5, 0.6) is 0 Å². The van der Waals surface area contributed by atoms with Crippen LogP contribution in [0.15, 0.2) is 18.2 Å². The Morgan fingerprint density at radius 1 is 1.37 bits per heavy atom. The highest BCUT2D eigenvalue weighted by molar-refractivity contribution is 6.09. The third-order valence-corrected chi connectivity index (χ3v) is 5.54. The number of morpholine rings is 1. The van der Waals surface area contributed by atoms with E-state index >= 15 is 0 Å². The first kappa shape index (κ1) is 22.1. The molecule has 2 fully saturated rings. The second-order valence-corrected chi connectivity index (χ2v) is 7.70. The van der Waals surface area contributed by atoms with Crippen molar-refractivity contribution in [1.29, 1.82) is 0 Å². The van der Waals surface area contributed by atoms with E-state index in [1.165, 1.54) is 17.0 Å². The van der Waals surface area contributed by atoms with Gasteiger partial charge in [0.2, 0.25) is 5.91 Å². The second kappa shape index (κ2) is 9.48. The summed E-state index contributed by atoms with van der Waals surface area (Å²) >= 11 is 0. The second-order valence-electron chi connectivity index (χ2n) is 7.70. The number of nitrogens with zero attached hydrogens (tertiary/aromatic N) is 2. The van der Waals surface area contributed by atoms with E-state index in [-0.39, 0.29) is 36.7 Å². The molecule has 3 rings (SSSR count). The molecule has 1 aliphatic carbocycles. The smallest absolute Gasteiger partial charge is 0.265 e. The van der Waals surface area contributed by atoms with Crippen molar-refractivity contribution >= 4 is 29.1 Å². The lowest BCUT2D eigenvalue weighted by molar-refractivity contribution is -0.132. The summed E-state index contributed by atoms with van der Waals surface area (Å²) in [4.78, 5) is 39.4. The number of ether oxygens (including phenoxy) is 1. The molecule has 1 heterocycles. The van der Waals surface area contributed by atoms with E-state index in [1.807, 2.05) is 0 Å². The summed E-state index contributed by atoms with van der Waals surface area (Å²) < 4.78 is 32.4. The van der Waals surface area contributed by atoms with Crippen LogP contribution in [0, 0.1) is 5.92 Å². The van der Waals surface area contributed by atoms with Gasteiger partial charge in [0, 0.05) is 24.3 Å². The summed E-state index contributed by atoms with van der Waals surface area (Å²) in [6, 6.07) is 2.69. The van der Waals surface area contributed by atoms with E-state index in [0.717, 1.165) is 25.3 Å². The third-order valence-electron chi connectivity index (χ3n) is 5.54. The lowest BCUT2D eigenvalue weighted by Gasteiger charge is -2.33. The molecule has 0 bridgehead atoms. The molecule has 3 amide bonds. The first-order chi connectivity index (χ1) is 14.3. The van der Waals surface area contributed by atoms with Crippen molar-refractivity contribution in [3.8, 4) is 0 Å². The number of alkyl halides is 2. The number of rotatable bonds is 8. The number of primary amides is 1. The molecule has 3 N–H and O–H groups in total. The SMILES string of the molecule is CN(CC1CCC1)[C@H](C(N)=O)C(=O)Nc1ccc(N2CCOCC2=O)c(C(F)F)c1. The molecule has 1 aliphatic heterocycles. The average molecular weight is 424 g/mol. The Balaban J connectivity index is 1.77. The number of amides is 3. The van der Waals surface area contributed by atoms with Crippen LogP contribution in [0.3, 0.4) is 0 Å². The van der Waals surface area contributed by atoms with E-state index in [4.69, 9.17) is 10.5 Å². The van der Waals surface area contributed by atoms with Crippen LogP contribution in [0.25, 0.3) is 0 Å². The molecule has 164 valence electrons. The highest BCUT2D eigenvalue weighted by Gasteiger charge is 2.32. The van der Waals surface area contributed by atoms with Gasteiger partial charge in [-0.2, -0.15) is 0 Å². The lowest BCUT2D eigenvalue weighted by Crippen LogP contribution is -2.52. The van der Waals surface area contributed by atoms with Gasteiger partial charge in [-0.05, 0) is 44.0 Å². The number of carbonyl (C=O) groups is 3. The zero-order valence-electron chi connectivity index (χ0n) is 16.8. The largest absolute Gasteiger partial charge is 0.370 e. The van der Waals surface area contributed by atoms with Gasteiger partial charge in [-0.15, -0.1) is 0 Å². The van der Waals surface area contributed by atoms with Gasteiger partial charge in [-0.3, -0.25) is 19.3 Å². The summed E-state index contributed by atoms with van der Waals surface area (Å²) in [5.41, 5.74) is 5.21. The molecule has 30 heavy (non-hydrogen) atoms. The Hall–Kier alpha value is -2.59. The number of nitrogens with one attached hydrogen (secondary N) is 1. The van der Waals surface area contributed by atoms with Crippen molar-refractivity contribution in [2.75, 3.05) is 43.6 Å². The lowest BCUT2D eigenvalue weighted by atomic mass is 9.85. The van der Waals surface area contributed by atoms with Gasteiger partial charge >= 0.3 is 0 Å². The molecular weight excluding hydrogens is 398 g/mol. The maximum Gasteiger partial charge on any atom is 0.265 e. The quantitative estimate of drug-likeness (QED) is 0.616. The van der Waals surface area contributed by atoms with Crippen molar-refractivity contribution in [2.45, 2.75) is 31.7 Å². The standard InChI is InChI=1S/C20H26F2N4O4/c1-25(10-12-3-2-4-12)17(19(23)28)20(29)24-13-5-6-15(14(9-13)18(21)22)26-7-8-30-11-16(26)27/h5-6,9,12,17-18H,2-4,7-8,10-11H2,1H3,(H2,23,28)(H,24,29)/t17-/m1/s1. The Morgan fingerprint density at radius 2 is 2.10 bits per heavy atom. The molecule has 0 spiro atoms. The zero-order valence-corrected chi connectivity index (χ0v) is 16.8. The average Bonchev–Trinajstić information content (AvgIpc) is 2.65. The van der Waals surface area contributed by atoms with Gasteiger partial charge in [-0.25, -0.2) is 8.78 Å². The van der Waals surface area contributed by atoms with Crippen LogP contribution in [-0.4, -0.2) is 62.0 Å². The number of anilines is 2. The molecule has 2 aliphatic rings. The predicted molar refractivity (Wildman–Crippen MR) is 106 cm³/mol. The molecule has 1 aromatic rings. The van der Waals surface area contributed by atoms with Crippen molar-refractivity contribution < 1.29 is 27.9 Å². The van der Waals surface area contributed by atoms with Crippen molar-refractivity contribution in [3.05, 3.63) is 23.8 Å². The molecule has 1 saturated carbocycles. The molecule has 1 aromatic carbocycles. The number of hydrogen-bond acceptors (Lipinski definition) is 5. The minimum Gasteiger partial charge on any atom is -0.370 e. The topological polar surface area (TPSA) is 105 Å². The molecule has 8 nitrogen and oxygen atoms in total. The van der Waals surface area contributed by atoms with Gasteiger partial charge in [0.15, 0.2) is 6.04 Å². The van der Waals surface area contributed by atoms with Gasteiger partial charge in [0.1, 0.15) is 6.61 Å². The number of halogens is 2. The summed E-state index contributed by atoms with van der Waals surface area (Å²) in [5.74, 6) is -1.48. The van der Waals surface area contributed by atoms with E-state index in [2.05, 4.69) is 5.32 Å². The van der Waals surface area contributed by atoms with Crippen molar-refractivity contribution in [1.82, 2.24) is 4.90 Å². The normalized spacial score (nSPS) is 18.4.